The zero-order valence-electron chi connectivity index (χ0n) is 17.1. The molecule has 0 radical (unpaired) electrons. The van der Waals surface area contributed by atoms with E-state index in [-0.39, 0.29) is 23.7 Å². The van der Waals surface area contributed by atoms with Gasteiger partial charge in [0.25, 0.3) is 0 Å². The predicted molar refractivity (Wildman–Crippen MR) is 115 cm³/mol. The van der Waals surface area contributed by atoms with Crippen molar-refractivity contribution in [2.24, 2.45) is 0 Å². The van der Waals surface area contributed by atoms with E-state index in [1.807, 2.05) is 36.3 Å². The smallest absolute Gasteiger partial charge is 0.242 e. The Kier molecular flexibility index (Phi) is 6.13. The Morgan fingerprint density at radius 3 is 2.93 bits per heavy atom. The monoisotopic (exact) mass is 428 g/mol. The normalized spacial score (nSPS) is 16.8. The predicted octanol–water partition coefficient (Wildman–Crippen LogP) is 4.74. The van der Waals surface area contributed by atoms with Gasteiger partial charge in [-0.05, 0) is 48.9 Å². The number of carbonyl (C=O) groups is 1. The molecule has 1 aliphatic heterocycles. The van der Waals surface area contributed by atoms with Crippen molar-refractivity contribution in [3.8, 4) is 11.4 Å². The summed E-state index contributed by atoms with van der Waals surface area (Å²) in [6, 6.07) is 8.48. The molecule has 1 N–H and O–H groups in total. The van der Waals surface area contributed by atoms with Crippen LogP contribution < -0.4 is 10.2 Å². The number of aromatic nitrogens is 2. The standard InChI is InChI=1S/C22H25FN4O2S/c1-14(2)22-25-20(26-29-22)15-8-9-18(17(23)12-15)27-10-4-3-7-19(27)21(28)24-13-16-6-5-11-30-16/h5-6,8-9,11-12,14,19H,3-4,7,10,13H2,1-2H3,(H,24,28). The van der Waals surface area contributed by atoms with Gasteiger partial charge in [0, 0.05) is 22.9 Å². The molecular formula is C22H25FN4O2S. The van der Waals surface area contributed by atoms with Crippen LogP contribution in [0.25, 0.3) is 11.4 Å². The minimum Gasteiger partial charge on any atom is -0.357 e. The Labute approximate surface area is 179 Å². The first-order valence-corrected chi connectivity index (χ1v) is 11.1. The lowest BCUT2D eigenvalue weighted by atomic mass is 9.99. The number of hydrogen-bond donors (Lipinski definition) is 1. The maximum atomic E-state index is 15.1. The number of piperidine rings is 1. The van der Waals surface area contributed by atoms with E-state index in [0.717, 1.165) is 17.7 Å². The van der Waals surface area contributed by atoms with E-state index in [4.69, 9.17) is 4.52 Å². The van der Waals surface area contributed by atoms with Crippen LogP contribution in [0.15, 0.2) is 40.2 Å². The van der Waals surface area contributed by atoms with E-state index < -0.39 is 0 Å². The highest BCUT2D eigenvalue weighted by atomic mass is 32.1. The Morgan fingerprint density at radius 2 is 2.23 bits per heavy atom. The van der Waals surface area contributed by atoms with Gasteiger partial charge in [0.15, 0.2) is 0 Å². The van der Waals surface area contributed by atoms with Crippen LogP contribution in [-0.2, 0) is 11.3 Å². The highest BCUT2D eigenvalue weighted by Gasteiger charge is 2.30. The third-order valence-electron chi connectivity index (χ3n) is 5.27. The molecule has 8 heteroatoms. The second-order valence-electron chi connectivity index (χ2n) is 7.78. The summed E-state index contributed by atoms with van der Waals surface area (Å²) in [6.07, 6.45) is 2.59. The summed E-state index contributed by atoms with van der Waals surface area (Å²) < 4.78 is 20.3. The molecule has 0 saturated carbocycles. The van der Waals surface area contributed by atoms with Crippen molar-refractivity contribution in [3.05, 3.63) is 52.3 Å². The van der Waals surface area contributed by atoms with Gasteiger partial charge in [0.2, 0.25) is 17.6 Å². The fourth-order valence-electron chi connectivity index (χ4n) is 3.66. The largest absolute Gasteiger partial charge is 0.357 e. The van der Waals surface area contributed by atoms with Crippen molar-refractivity contribution >= 4 is 22.9 Å². The van der Waals surface area contributed by atoms with Crippen molar-refractivity contribution in [2.45, 2.75) is 51.6 Å². The summed E-state index contributed by atoms with van der Waals surface area (Å²) in [4.78, 5) is 20.2. The first-order chi connectivity index (χ1) is 14.5. The molecule has 6 nitrogen and oxygen atoms in total. The molecule has 0 spiro atoms. The zero-order chi connectivity index (χ0) is 21.1. The Hall–Kier alpha value is -2.74. The third-order valence-corrected chi connectivity index (χ3v) is 6.15. The van der Waals surface area contributed by atoms with E-state index in [2.05, 4.69) is 15.5 Å². The molecule has 1 unspecified atom stereocenters. The summed E-state index contributed by atoms with van der Waals surface area (Å²) in [7, 11) is 0. The number of anilines is 1. The van der Waals surface area contributed by atoms with Crippen molar-refractivity contribution in [3.63, 3.8) is 0 Å². The number of carbonyl (C=O) groups excluding carboxylic acids is 1. The fourth-order valence-corrected chi connectivity index (χ4v) is 4.31. The number of thiophene rings is 1. The van der Waals surface area contributed by atoms with E-state index >= 15 is 4.39 Å². The van der Waals surface area contributed by atoms with Crippen LogP contribution in [0.1, 0.15) is 49.8 Å². The van der Waals surface area contributed by atoms with E-state index in [1.165, 1.54) is 6.07 Å². The topological polar surface area (TPSA) is 71.3 Å². The summed E-state index contributed by atoms with van der Waals surface area (Å²) in [5, 5.41) is 8.94. The third kappa shape index (κ3) is 4.38. The fraction of sp³-hybridized carbons (Fsp3) is 0.409. The Bertz CT molecular complexity index is 1000. The lowest BCUT2D eigenvalue weighted by Crippen LogP contribution is -2.49. The van der Waals surface area contributed by atoms with Gasteiger partial charge in [-0.2, -0.15) is 4.98 Å². The Morgan fingerprint density at radius 1 is 1.37 bits per heavy atom. The number of halogens is 1. The molecule has 0 bridgehead atoms. The number of rotatable bonds is 6. The summed E-state index contributed by atoms with van der Waals surface area (Å²) in [5.74, 6) is 0.547. The molecule has 1 fully saturated rings. The molecular weight excluding hydrogens is 403 g/mol. The maximum absolute atomic E-state index is 15.1. The minimum atomic E-state index is -0.388. The number of nitrogens with one attached hydrogen (secondary N) is 1. The van der Waals surface area contributed by atoms with E-state index in [0.29, 0.717) is 42.5 Å². The summed E-state index contributed by atoms with van der Waals surface area (Å²) >= 11 is 1.61. The van der Waals surface area contributed by atoms with Gasteiger partial charge in [0.1, 0.15) is 11.9 Å². The zero-order valence-corrected chi connectivity index (χ0v) is 17.9. The molecule has 1 aliphatic rings. The van der Waals surface area contributed by atoms with Gasteiger partial charge in [-0.3, -0.25) is 4.79 Å². The van der Waals surface area contributed by atoms with Crippen LogP contribution in [-0.4, -0.2) is 28.6 Å². The van der Waals surface area contributed by atoms with Gasteiger partial charge in [-0.1, -0.05) is 25.1 Å². The lowest BCUT2D eigenvalue weighted by Gasteiger charge is -2.36. The van der Waals surface area contributed by atoms with Gasteiger partial charge >= 0.3 is 0 Å². The molecule has 1 aromatic carbocycles. The quantitative estimate of drug-likeness (QED) is 0.614. The second-order valence-corrected chi connectivity index (χ2v) is 8.81. The van der Waals surface area contributed by atoms with Crippen molar-refractivity contribution in [2.75, 3.05) is 11.4 Å². The van der Waals surface area contributed by atoms with E-state index in [1.54, 1.807) is 23.5 Å². The second kappa shape index (κ2) is 8.95. The first kappa shape index (κ1) is 20.5. The maximum Gasteiger partial charge on any atom is 0.242 e. The molecule has 1 atom stereocenters. The van der Waals surface area contributed by atoms with Crippen LogP contribution in [0.2, 0.25) is 0 Å². The molecule has 2 aromatic heterocycles. The van der Waals surface area contributed by atoms with Crippen molar-refractivity contribution < 1.29 is 13.7 Å². The van der Waals surface area contributed by atoms with Crippen LogP contribution in [0.3, 0.4) is 0 Å². The SMILES string of the molecule is CC(C)c1nc(-c2ccc(N3CCCCC3C(=O)NCc3cccs3)c(F)c2)no1. The first-order valence-electron chi connectivity index (χ1n) is 10.2. The summed E-state index contributed by atoms with van der Waals surface area (Å²) in [5.41, 5.74) is 0.991. The van der Waals surface area contributed by atoms with Gasteiger partial charge in [-0.25, -0.2) is 4.39 Å². The molecule has 1 saturated heterocycles. The van der Waals surface area contributed by atoms with Gasteiger partial charge < -0.3 is 14.7 Å². The molecule has 3 heterocycles. The minimum absolute atomic E-state index is 0.0636. The van der Waals surface area contributed by atoms with E-state index in [9.17, 15) is 4.79 Å². The molecule has 4 rings (SSSR count). The number of hydrogen-bond acceptors (Lipinski definition) is 6. The number of amides is 1. The Balaban J connectivity index is 1.52. The molecule has 30 heavy (non-hydrogen) atoms. The summed E-state index contributed by atoms with van der Waals surface area (Å²) in [6.45, 7) is 5.06. The highest BCUT2D eigenvalue weighted by Crippen LogP contribution is 2.30. The number of nitrogens with zero attached hydrogens (tertiary/aromatic N) is 3. The number of benzene rings is 1. The molecule has 0 aliphatic carbocycles. The average Bonchev–Trinajstić information content (AvgIpc) is 3.44. The molecule has 1 amide bonds. The van der Waals surface area contributed by atoms with Crippen LogP contribution >= 0.6 is 11.3 Å². The van der Waals surface area contributed by atoms with Crippen LogP contribution in [0, 0.1) is 5.82 Å². The lowest BCUT2D eigenvalue weighted by molar-refractivity contribution is -0.123. The molecule has 158 valence electrons. The molecule has 3 aromatic rings. The van der Waals surface area contributed by atoms with Gasteiger partial charge in [0.05, 0.1) is 12.2 Å². The van der Waals surface area contributed by atoms with Gasteiger partial charge in [-0.15, -0.1) is 11.3 Å². The van der Waals surface area contributed by atoms with Crippen LogP contribution in [0.5, 0.6) is 0 Å². The average molecular weight is 429 g/mol. The van der Waals surface area contributed by atoms with Crippen LogP contribution in [0.4, 0.5) is 10.1 Å². The van der Waals surface area contributed by atoms with Crippen molar-refractivity contribution in [1.82, 2.24) is 15.5 Å². The van der Waals surface area contributed by atoms with Crippen molar-refractivity contribution in [1.29, 1.82) is 0 Å². The highest BCUT2D eigenvalue weighted by molar-refractivity contribution is 7.09.